The Morgan fingerprint density at radius 1 is 1.17 bits per heavy atom. The highest BCUT2D eigenvalue weighted by Gasteiger charge is 2.03. The molecule has 0 saturated heterocycles. The van der Waals surface area contributed by atoms with Crippen molar-refractivity contribution in [2.45, 2.75) is 39.7 Å². The van der Waals surface area contributed by atoms with Gasteiger partial charge in [-0.1, -0.05) is 32.0 Å². The molecule has 138 valence electrons. The molecule has 0 fully saturated rings. The van der Waals surface area contributed by atoms with Crippen LogP contribution in [-0.4, -0.2) is 44.1 Å². The fourth-order valence-corrected chi connectivity index (χ4v) is 2.56. The number of anilines is 1. The summed E-state index contributed by atoms with van der Waals surface area (Å²) in [5.41, 5.74) is 8.02. The largest absolute Gasteiger partial charge is 0.380 e. The minimum Gasteiger partial charge on any atom is -0.380 e. The Balaban J connectivity index is 0.00000529. The van der Waals surface area contributed by atoms with E-state index in [-0.39, 0.29) is 24.0 Å². The molecule has 6 heteroatoms. The number of rotatable bonds is 11. The Bertz CT molecular complexity index is 462. The summed E-state index contributed by atoms with van der Waals surface area (Å²) < 4.78 is 5.19. The molecule has 0 aromatic heterocycles. The van der Waals surface area contributed by atoms with E-state index in [0.717, 1.165) is 43.9 Å². The van der Waals surface area contributed by atoms with E-state index in [1.54, 1.807) is 7.11 Å². The van der Waals surface area contributed by atoms with Gasteiger partial charge in [-0.2, -0.15) is 0 Å². The molecule has 0 amide bonds. The quantitative estimate of drug-likeness (QED) is 0.235. The minimum atomic E-state index is 0. The van der Waals surface area contributed by atoms with Crippen LogP contribution in [0, 0.1) is 0 Å². The van der Waals surface area contributed by atoms with Gasteiger partial charge in [0.15, 0.2) is 5.96 Å². The average molecular weight is 448 g/mol. The first-order valence-corrected chi connectivity index (χ1v) is 8.57. The van der Waals surface area contributed by atoms with Crippen LogP contribution in [0.15, 0.2) is 29.3 Å². The van der Waals surface area contributed by atoms with Crippen LogP contribution in [0.5, 0.6) is 0 Å². The Labute approximate surface area is 164 Å². The van der Waals surface area contributed by atoms with Crippen molar-refractivity contribution in [3.8, 4) is 0 Å². The van der Waals surface area contributed by atoms with E-state index in [1.165, 1.54) is 12.8 Å². The summed E-state index contributed by atoms with van der Waals surface area (Å²) >= 11 is 0. The molecule has 0 spiro atoms. The molecule has 0 bridgehead atoms. The lowest BCUT2D eigenvalue weighted by Crippen LogP contribution is -2.28. The lowest BCUT2D eigenvalue weighted by molar-refractivity contribution is 0.185. The van der Waals surface area contributed by atoms with Crippen LogP contribution in [0.2, 0.25) is 0 Å². The van der Waals surface area contributed by atoms with E-state index in [1.807, 2.05) is 24.3 Å². The molecule has 0 aliphatic carbocycles. The molecule has 1 rings (SSSR count). The van der Waals surface area contributed by atoms with Gasteiger partial charge in [-0.3, -0.25) is 4.99 Å². The predicted octanol–water partition coefficient (Wildman–Crippen LogP) is 3.69. The zero-order valence-electron chi connectivity index (χ0n) is 15.3. The highest BCUT2D eigenvalue weighted by molar-refractivity contribution is 14.0. The first-order chi connectivity index (χ1) is 11.2. The molecule has 1 aromatic rings. The van der Waals surface area contributed by atoms with E-state index in [2.05, 4.69) is 29.1 Å². The third kappa shape index (κ3) is 9.44. The number of benzene rings is 1. The summed E-state index contributed by atoms with van der Waals surface area (Å²) in [6, 6.07) is 7.97. The number of nitrogens with two attached hydrogens (primary N) is 1. The van der Waals surface area contributed by atoms with Crippen LogP contribution in [0.25, 0.3) is 0 Å². The topological polar surface area (TPSA) is 62.9 Å². The Morgan fingerprint density at radius 2 is 1.83 bits per heavy atom. The summed E-state index contributed by atoms with van der Waals surface area (Å²) in [7, 11) is 1.69. The molecule has 0 saturated carbocycles. The molecule has 5 nitrogen and oxygen atoms in total. The number of hydrogen-bond donors (Lipinski definition) is 2. The molecule has 0 aliphatic rings. The zero-order chi connectivity index (χ0) is 16.9. The van der Waals surface area contributed by atoms with E-state index in [0.29, 0.717) is 12.6 Å². The number of para-hydroxylation sites is 1. The molecule has 0 aliphatic heterocycles. The van der Waals surface area contributed by atoms with Crippen molar-refractivity contribution >= 4 is 35.6 Å². The van der Waals surface area contributed by atoms with Gasteiger partial charge in [0.25, 0.3) is 0 Å². The van der Waals surface area contributed by atoms with Crippen molar-refractivity contribution < 1.29 is 4.74 Å². The van der Waals surface area contributed by atoms with Crippen molar-refractivity contribution in [1.82, 2.24) is 4.90 Å². The van der Waals surface area contributed by atoms with Gasteiger partial charge < -0.3 is 20.7 Å². The smallest absolute Gasteiger partial charge is 0.193 e. The van der Waals surface area contributed by atoms with Gasteiger partial charge in [0.05, 0.1) is 6.61 Å². The lowest BCUT2D eigenvalue weighted by Gasteiger charge is -2.20. The van der Waals surface area contributed by atoms with Crippen LogP contribution in [0.4, 0.5) is 5.69 Å². The average Bonchev–Trinajstić information content (AvgIpc) is 2.54. The number of hydrogen-bond acceptors (Lipinski definition) is 3. The molecular weight excluding hydrogens is 415 g/mol. The van der Waals surface area contributed by atoms with E-state index in [9.17, 15) is 0 Å². The predicted molar refractivity (Wildman–Crippen MR) is 114 cm³/mol. The fraction of sp³-hybridized carbons (Fsp3) is 0.611. The molecule has 0 radical (unpaired) electrons. The first-order valence-electron chi connectivity index (χ1n) is 8.57. The van der Waals surface area contributed by atoms with Gasteiger partial charge in [-0.25, -0.2) is 0 Å². The maximum atomic E-state index is 5.99. The molecule has 3 N–H and O–H groups in total. The summed E-state index contributed by atoms with van der Waals surface area (Å²) in [5, 5.41) is 3.17. The van der Waals surface area contributed by atoms with Crippen LogP contribution in [0.1, 0.15) is 38.7 Å². The van der Waals surface area contributed by atoms with Gasteiger partial charge >= 0.3 is 0 Å². The summed E-state index contributed by atoms with van der Waals surface area (Å²) in [6.45, 7) is 9.15. The Kier molecular flexibility index (Phi) is 14.0. The molecule has 0 atom stereocenters. The number of ether oxygens (including phenoxy) is 1. The maximum absolute atomic E-state index is 5.99. The highest BCUT2D eigenvalue weighted by atomic mass is 127. The van der Waals surface area contributed by atoms with Crippen LogP contribution < -0.4 is 11.1 Å². The second-order valence-electron chi connectivity index (χ2n) is 5.68. The SMILES string of the molecule is CCCN(CCC)CCCN=C(N)Nc1ccccc1COC.I. The number of methoxy groups -OCH3 is 1. The normalized spacial score (nSPS) is 11.4. The second-order valence-corrected chi connectivity index (χ2v) is 5.68. The molecular formula is C18H33IN4O. The van der Waals surface area contributed by atoms with Crippen molar-refractivity contribution in [2.24, 2.45) is 10.7 Å². The number of aliphatic imine (C=N–C) groups is 1. The number of nitrogens with zero attached hydrogens (tertiary/aromatic N) is 2. The van der Waals surface area contributed by atoms with Gasteiger partial charge in [0.1, 0.15) is 0 Å². The molecule has 24 heavy (non-hydrogen) atoms. The third-order valence-electron chi connectivity index (χ3n) is 3.57. The fourth-order valence-electron chi connectivity index (χ4n) is 2.56. The Morgan fingerprint density at radius 3 is 2.46 bits per heavy atom. The van der Waals surface area contributed by atoms with E-state index in [4.69, 9.17) is 10.5 Å². The van der Waals surface area contributed by atoms with Crippen LogP contribution in [-0.2, 0) is 11.3 Å². The summed E-state index contributed by atoms with van der Waals surface area (Å²) in [5.74, 6) is 0.464. The number of halogens is 1. The maximum Gasteiger partial charge on any atom is 0.193 e. The minimum absolute atomic E-state index is 0. The molecule has 0 heterocycles. The second kappa shape index (κ2) is 14.5. The molecule has 0 unspecified atom stereocenters. The van der Waals surface area contributed by atoms with Crippen molar-refractivity contribution in [1.29, 1.82) is 0 Å². The third-order valence-corrected chi connectivity index (χ3v) is 3.57. The lowest BCUT2D eigenvalue weighted by atomic mass is 10.2. The van der Waals surface area contributed by atoms with Crippen LogP contribution in [0.3, 0.4) is 0 Å². The van der Waals surface area contributed by atoms with Gasteiger partial charge in [-0.15, -0.1) is 24.0 Å². The monoisotopic (exact) mass is 448 g/mol. The van der Waals surface area contributed by atoms with Crippen LogP contribution >= 0.6 is 24.0 Å². The zero-order valence-corrected chi connectivity index (χ0v) is 17.6. The van der Waals surface area contributed by atoms with Crippen molar-refractivity contribution in [3.63, 3.8) is 0 Å². The first kappa shape index (κ1) is 23.1. The van der Waals surface area contributed by atoms with E-state index >= 15 is 0 Å². The standard InChI is InChI=1S/C18H32N4O.HI/c1-4-12-22(13-5-2)14-8-11-20-18(19)21-17-10-7-6-9-16(17)15-23-3;/h6-7,9-10H,4-5,8,11-15H2,1-3H3,(H3,19,20,21);1H. The number of nitrogens with one attached hydrogen (secondary N) is 1. The van der Waals surface area contributed by atoms with Gasteiger partial charge in [0.2, 0.25) is 0 Å². The van der Waals surface area contributed by atoms with Gasteiger partial charge in [-0.05, 0) is 45.0 Å². The highest BCUT2D eigenvalue weighted by Crippen LogP contribution is 2.15. The summed E-state index contributed by atoms with van der Waals surface area (Å²) in [4.78, 5) is 6.92. The van der Waals surface area contributed by atoms with Crippen molar-refractivity contribution in [3.05, 3.63) is 29.8 Å². The number of guanidine groups is 1. The molecule has 1 aromatic carbocycles. The van der Waals surface area contributed by atoms with Gasteiger partial charge in [0, 0.05) is 24.9 Å². The van der Waals surface area contributed by atoms with Crippen molar-refractivity contribution in [2.75, 3.05) is 38.6 Å². The van der Waals surface area contributed by atoms with E-state index < -0.39 is 0 Å². The Hall–Kier alpha value is -0.860. The summed E-state index contributed by atoms with van der Waals surface area (Å²) in [6.07, 6.45) is 3.43.